The highest BCUT2D eigenvalue weighted by Gasteiger charge is 2.27. The van der Waals surface area contributed by atoms with Gasteiger partial charge in [0.25, 0.3) is 7.82 Å². The van der Waals surface area contributed by atoms with Gasteiger partial charge in [0.2, 0.25) is 5.91 Å². The summed E-state index contributed by atoms with van der Waals surface area (Å²) in [5.74, 6) is -0.573. The SMILES string of the molecule is CC/C=C\C/C=C\C/C=C\C/C=C\C/C=C\C/C=C\CCCCCCCCC(=O)NC(COP(=O)([O-])OCC[N+](C)(C)C)C(/C=C/CCCCCCCCCCC)OC(=O)CCCCCCCCCCC/C=C\C/C=C\C/C=C\C/C=C\C/C=C\CC. The number of likely N-dealkylation sites (N-methyl/N-ethyl adjacent to an activating group) is 1. The zero-order chi connectivity index (χ0) is 63.5. The maximum atomic E-state index is 13.6. The predicted molar refractivity (Wildman–Crippen MR) is 376 cm³/mol. The summed E-state index contributed by atoms with van der Waals surface area (Å²) >= 11 is 0. The van der Waals surface area contributed by atoms with Crippen LogP contribution in [-0.4, -0.2) is 69.4 Å². The number of esters is 1. The third kappa shape index (κ3) is 66.1. The van der Waals surface area contributed by atoms with Crippen molar-refractivity contribution in [3.63, 3.8) is 0 Å². The van der Waals surface area contributed by atoms with Crippen LogP contribution in [0.15, 0.2) is 146 Å². The first kappa shape index (κ1) is 82.9. The Labute approximate surface area is 536 Å². The van der Waals surface area contributed by atoms with Crippen LogP contribution in [0.4, 0.5) is 0 Å². The molecule has 0 spiro atoms. The van der Waals surface area contributed by atoms with Gasteiger partial charge in [0.15, 0.2) is 0 Å². The second-order valence-electron chi connectivity index (χ2n) is 24.3. The number of hydrogen-bond donors (Lipinski definition) is 1. The number of carbonyl (C=O) groups is 2. The lowest BCUT2D eigenvalue weighted by Crippen LogP contribution is -2.47. The highest BCUT2D eigenvalue weighted by atomic mass is 31.2. The summed E-state index contributed by atoms with van der Waals surface area (Å²) < 4.78 is 30.4. The largest absolute Gasteiger partial charge is 0.756 e. The molecule has 0 saturated heterocycles. The summed E-state index contributed by atoms with van der Waals surface area (Å²) in [6, 6.07) is -0.911. The molecule has 0 fully saturated rings. The van der Waals surface area contributed by atoms with E-state index in [4.69, 9.17) is 13.8 Å². The molecule has 0 aromatic rings. The van der Waals surface area contributed by atoms with Gasteiger partial charge in [-0.2, -0.15) is 0 Å². The van der Waals surface area contributed by atoms with Crippen LogP contribution < -0.4 is 10.2 Å². The van der Waals surface area contributed by atoms with Crippen molar-refractivity contribution in [3.05, 3.63) is 146 Å². The van der Waals surface area contributed by atoms with Crippen molar-refractivity contribution in [3.8, 4) is 0 Å². The van der Waals surface area contributed by atoms with E-state index in [2.05, 4.69) is 160 Å². The van der Waals surface area contributed by atoms with Crippen molar-refractivity contribution in [2.45, 2.75) is 290 Å². The Morgan fingerprint density at radius 2 is 0.736 bits per heavy atom. The minimum atomic E-state index is -4.72. The van der Waals surface area contributed by atoms with Gasteiger partial charge in [0, 0.05) is 12.8 Å². The molecule has 0 bridgehead atoms. The smallest absolute Gasteiger partial charge is 0.306 e. The maximum absolute atomic E-state index is 13.6. The van der Waals surface area contributed by atoms with Crippen LogP contribution in [0.2, 0.25) is 0 Å². The molecule has 1 amide bonds. The van der Waals surface area contributed by atoms with Crippen molar-refractivity contribution < 1.29 is 37.3 Å². The van der Waals surface area contributed by atoms with E-state index in [9.17, 15) is 19.0 Å². The van der Waals surface area contributed by atoms with Crippen molar-refractivity contribution in [1.82, 2.24) is 5.32 Å². The van der Waals surface area contributed by atoms with Crippen LogP contribution in [-0.2, 0) is 27.9 Å². The molecule has 0 rings (SSSR count). The summed E-state index contributed by atoms with van der Waals surface area (Å²) in [5.41, 5.74) is 0. The van der Waals surface area contributed by atoms with E-state index in [0.717, 1.165) is 154 Å². The van der Waals surface area contributed by atoms with Gasteiger partial charge in [0.05, 0.1) is 33.8 Å². The van der Waals surface area contributed by atoms with Crippen molar-refractivity contribution in [1.29, 1.82) is 0 Å². The third-order valence-corrected chi connectivity index (χ3v) is 15.7. The molecule has 9 nitrogen and oxygen atoms in total. The zero-order valence-corrected chi connectivity index (χ0v) is 57.6. The molecule has 496 valence electrons. The Morgan fingerprint density at radius 1 is 0.414 bits per heavy atom. The lowest BCUT2D eigenvalue weighted by atomic mass is 10.0. The number of carbonyl (C=O) groups excluding carboxylic acids is 2. The Kier molecular flexibility index (Phi) is 61.8. The molecule has 0 aliphatic heterocycles. The number of ether oxygens (including phenoxy) is 1. The molecular formula is C77H131N2O7P. The molecule has 0 radical (unpaired) electrons. The van der Waals surface area contributed by atoms with Gasteiger partial charge in [-0.25, -0.2) is 0 Å². The summed E-state index contributed by atoms with van der Waals surface area (Å²) in [6.07, 6.45) is 93.9. The number of nitrogens with zero attached hydrogens (tertiary/aromatic N) is 1. The standard InChI is InChI=1S/C77H131N2O7P/c1-7-10-13-16-19-22-25-27-29-31-33-35-37-39-41-43-45-47-49-51-54-57-60-63-66-69-76(80)78-74(73-85-87(82,83)84-72-71-79(4,5)6)75(68-65-62-59-56-53-24-21-18-15-12-9-3)86-77(81)70-67-64-61-58-55-52-50-48-46-44-42-40-38-36-34-32-30-28-26-23-20-17-14-11-8-2/h10-11,13-14,19-20,22-23,27-30,33-36,39-42,45,47,65,68,74-75H,7-9,12,15-18,21,24-26,31-32,37-38,43-44,46,48-64,66-67,69-73H2,1-6H3,(H-,78,80,82,83)/b13-10-,14-11-,22-19-,23-20-,29-27-,30-28-,35-33-,36-34-,41-39-,42-40-,47-45-,68-65+. The molecule has 10 heteroatoms. The summed E-state index contributed by atoms with van der Waals surface area (Å²) in [5, 5.41) is 3.03. The second kappa shape index (κ2) is 64.9. The van der Waals surface area contributed by atoms with Gasteiger partial charge >= 0.3 is 5.97 Å². The zero-order valence-electron chi connectivity index (χ0n) is 56.7. The fourth-order valence-corrected chi connectivity index (χ4v) is 10.2. The Morgan fingerprint density at radius 3 is 1.10 bits per heavy atom. The lowest BCUT2D eigenvalue weighted by molar-refractivity contribution is -0.870. The van der Waals surface area contributed by atoms with Crippen molar-refractivity contribution >= 4 is 19.7 Å². The van der Waals surface area contributed by atoms with Crippen LogP contribution in [0.5, 0.6) is 0 Å². The van der Waals surface area contributed by atoms with Gasteiger partial charge in [-0.05, 0) is 128 Å². The van der Waals surface area contributed by atoms with Gasteiger partial charge in [-0.1, -0.05) is 283 Å². The minimum absolute atomic E-state index is 0.0344. The van der Waals surface area contributed by atoms with Crippen LogP contribution >= 0.6 is 7.82 Å². The lowest BCUT2D eigenvalue weighted by Gasteiger charge is -2.30. The number of allylic oxidation sites excluding steroid dienone is 23. The molecule has 3 unspecified atom stereocenters. The number of unbranched alkanes of at least 4 members (excludes halogenated alkanes) is 24. The number of quaternary nitrogens is 1. The number of rotatable bonds is 62. The second-order valence-corrected chi connectivity index (χ2v) is 25.7. The molecule has 0 heterocycles. The Hall–Kier alpha value is -4.11. The molecule has 0 aliphatic carbocycles. The Balaban J connectivity index is 5.11. The topological polar surface area (TPSA) is 114 Å². The maximum Gasteiger partial charge on any atom is 0.306 e. The first-order chi connectivity index (χ1) is 42.4. The predicted octanol–water partition coefficient (Wildman–Crippen LogP) is 21.9. The van der Waals surface area contributed by atoms with E-state index < -0.39 is 26.6 Å². The quantitative estimate of drug-likeness (QED) is 0.0212. The van der Waals surface area contributed by atoms with Crippen LogP contribution in [0.1, 0.15) is 278 Å². The van der Waals surface area contributed by atoms with Crippen molar-refractivity contribution in [2.24, 2.45) is 0 Å². The molecule has 0 aromatic heterocycles. The van der Waals surface area contributed by atoms with E-state index in [1.54, 1.807) is 0 Å². The van der Waals surface area contributed by atoms with E-state index >= 15 is 0 Å². The highest BCUT2D eigenvalue weighted by molar-refractivity contribution is 7.45. The summed E-state index contributed by atoms with van der Waals surface area (Å²) in [6.45, 7) is 6.59. The first-order valence-electron chi connectivity index (χ1n) is 35.1. The van der Waals surface area contributed by atoms with Crippen LogP contribution in [0, 0.1) is 0 Å². The normalized spacial score (nSPS) is 14.4. The van der Waals surface area contributed by atoms with E-state index in [-0.39, 0.29) is 31.3 Å². The summed E-state index contributed by atoms with van der Waals surface area (Å²) in [4.78, 5) is 40.2. The van der Waals surface area contributed by atoms with Gasteiger partial charge in [-0.3, -0.25) is 14.2 Å². The molecule has 3 atom stereocenters. The first-order valence-corrected chi connectivity index (χ1v) is 36.6. The van der Waals surface area contributed by atoms with E-state index in [0.29, 0.717) is 23.9 Å². The number of hydrogen-bond acceptors (Lipinski definition) is 7. The molecule has 0 saturated carbocycles. The Bertz CT molecular complexity index is 2000. The summed E-state index contributed by atoms with van der Waals surface area (Å²) in [7, 11) is 1.15. The highest BCUT2D eigenvalue weighted by Crippen LogP contribution is 2.38. The van der Waals surface area contributed by atoms with Gasteiger partial charge in [0.1, 0.15) is 19.3 Å². The monoisotopic (exact) mass is 1230 g/mol. The van der Waals surface area contributed by atoms with Crippen molar-refractivity contribution in [2.75, 3.05) is 40.9 Å². The molecule has 0 aliphatic rings. The van der Waals surface area contributed by atoms with E-state index in [1.165, 1.54) is 77.0 Å². The fourth-order valence-electron chi connectivity index (χ4n) is 9.43. The van der Waals surface area contributed by atoms with Gasteiger partial charge in [-0.15, -0.1) is 0 Å². The average molecular weight is 1230 g/mol. The molecule has 87 heavy (non-hydrogen) atoms. The number of phosphoric acid groups is 1. The fraction of sp³-hybridized carbons (Fsp3) is 0.662. The van der Waals surface area contributed by atoms with Gasteiger partial charge < -0.3 is 28.5 Å². The molecule has 0 aromatic carbocycles. The number of amides is 1. The number of phosphoric ester groups is 1. The third-order valence-electron chi connectivity index (χ3n) is 14.8. The average Bonchev–Trinajstić information content (AvgIpc) is 3.70. The van der Waals surface area contributed by atoms with Crippen LogP contribution in [0.25, 0.3) is 0 Å². The molecule has 1 N–H and O–H groups in total. The number of nitrogens with one attached hydrogen (secondary N) is 1. The molecular weight excluding hydrogens is 1100 g/mol. The van der Waals surface area contributed by atoms with E-state index in [1.807, 2.05) is 33.3 Å². The minimum Gasteiger partial charge on any atom is -0.756 e. The van der Waals surface area contributed by atoms with Crippen LogP contribution in [0.3, 0.4) is 0 Å².